The molecule has 0 unspecified atom stereocenters. The SMILES string of the molecule is Cc1ncc2c(c1-c1noc(CCCOc3ccccc3)n1)CCNC2. The van der Waals surface area contributed by atoms with Gasteiger partial charge in [0.1, 0.15) is 5.75 Å². The van der Waals surface area contributed by atoms with E-state index in [4.69, 9.17) is 9.26 Å². The molecule has 2 aromatic heterocycles. The normalized spacial score (nSPS) is 13.4. The maximum atomic E-state index is 5.71. The molecule has 1 aliphatic heterocycles. The molecule has 134 valence electrons. The molecule has 4 rings (SSSR count). The van der Waals surface area contributed by atoms with Crippen molar-refractivity contribution in [2.75, 3.05) is 13.2 Å². The molecule has 6 heteroatoms. The molecular formula is C20H22N4O2. The van der Waals surface area contributed by atoms with Crippen LogP contribution in [0.4, 0.5) is 0 Å². The molecule has 0 bridgehead atoms. The molecule has 3 aromatic rings. The summed E-state index contributed by atoms with van der Waals surface area (Å²) >= 11 is 0. The Morgan fingerprint density at radius 1 is 1.23 bits per heavy atom. The van der Waals surface area contributed by atoms with E-state index < -0.39 is 0 Å². The third-order valence-electron chi connectivity index (χ3n) is 4.57. The van der Waals surface area contributed by atoms with Crippen LogP contribution in [0.15, 0.2) is 41.1 Å². The average Bonchev–Trinajstić information content (AvgIpc) is 3.14. The minimum atomic E-state index is 0.620. The molecule has 6 nitrogen and oxygen atoms in total. The highest BCUT2D eigenvalue weighted by Crippen LogP contribution is 2.28. The first kappa shape index (κ1) is 16.7. The lowest BCUT2D eigenvalue weighted by Gasteiger charge is -2.19. The molecule has 0 saturated heterocycles. The summed E-state index contributed by atoms with van der Waals surface area (Å²) < 4.78 is 11.2. The smallest absolute Gasteiger partial charge is 0.227 e. The van der Waals surface area contributed by atoms with Crippen LogP contribution in [0.5, 0.6) is 5.75 Å². The van der Waals surface area contributed by atoms with Gasteiger partial charge in [0.15, 0.2) is 0 Å². The Labute approximate surface area is 152 Å². The lowest BCUT2D eigenvalue weighted by molar-refractivity contribution is 0.298. The van der Waals surface area contributed by atoms with Crippen LogP contribution in [0.25, 0.3) is 11.4 Å². The zero-order chi connectivity index (χ0) is 17.8. The van der Waals surface area contributed by atoms with Crippen LogP contribution < -0.4 is 10.1 Å². The minimum Gasteiger partial charge on any atom is -0.494 e. The Morgan fingerprint density at radius 3 is 3.00 bits per heavy atom. The lowest BCUT2D eigenvalue weighted by atomic mass is 9.95. The zero-order valence-corrected chi connectivity index (χ0v) is 14.9. The summed E-state index contributed by atoms with van der Waals surface area (Å²) in [6.07, 6.45) is 4.43. The fraction of sp³-hybridized carbons (Fsp3) is 0.350. The number of fused-ring (bicyclic) bond motifs is 1. The van der Waals surface area contributed by atoms with Gasteiger partial charge in [0.2, 0.25) is 11.7 Å². The van der Waals surface area contributed by atoms with Gasteiger partial charge in [-0.3, -0.25) is 4.98 Å². The number of hydrogen-bond donors (Lipinski definition) is 1. The molecule has 1 N–H and O–H groups in total. The van der Waals surface area contributed by atoms with Gasteiger partial charge >= 0.3 is 0 Å². The number of nitrogens with zero attached hydrogens (tertiary/aromatic N) is 3. The first-order chi connectivity index (χ1) is 12.8. The number of ether oxygens (including phenoxy) is 1. The first-order valence-electron chi connectivity index (χ1n) is 9.00. The molecule has 0 aliphatic carbocycles. The summed E-state index contributed by atoms with van der Waals surface area (Å²) in [5.41, 5.74) is 4.49. The number of para-hydroxylation sites is 1. The highest BCUT2D eigenvalue weighted by atomic mass is 16.5. The van der Waals surface area contributed by atoms with Crippen molar-refractivity contribution in [1.29, 1.82) is 0 Å². The fourth-order valence-electron chi connectivity index (χ4n) is 3.26. The summed E-state index contributed by atoms with van der Waals surface area (Å²) in [6, 6.07) is 9.81. The Bertz CT molecular complexity index is 877. The summed E-state index contributed by atoms with van der Waals surface area (Å²) in [7, 11) is 0. The van der Waals surface area contributed by atoms with Crippen molar-refractivity contribution in [3.63, 3.8) is 0 Å². The van der Waals surface area contributed by atoms with Gasteiger partial charge in [-0.25, -0.2) is 0 Å². The van der Waals surface area contributed by atoms with Gasteiger partial charge in [0, 0.05) is 30.4 Å². The number of aryl methyl sites for hydroxylation is 2. The van der Waals surface area contributed by atoms with Gasteiger partial charge in [-0.05, 0) is 49.6 Å². The number of benzene rings is 1. The van der Waals surface area contributed by atoms with Crippen LogP contribution in [0.2, 0.25) is 0 Å². The predicted octanol–water partition coefficient (Wildman–Crippen LogP) is 3.10. The first-order valence-corrected chi connectivity index (χ1v) is 9.00. The molecule has 1 aliphatic rings. The van der Waals surface area contributed by atoms with Gasteiger partial charge in [-0.2, -0.15) is 4.98 Å². The van der Waals surface area contributed by atoms with Crippen molar-refractivity contribution < 1.29 is 9.26 Å². The van der Waals surface area contributed by atoms with E-state index in [1.54, 1.807) is 0 Å². The molecule has 0 fully saturated rings. The minimum absolute atomic E-state index is 0.620. The van der Waals surface area contributed by atoms with Crippen LogP contribution in [0, 0.1) is 6.92 Å². The van der Waals surface area contributed by atoms with Crippen LogP contribution >= 0.6 is 0 Å². The number of pyridine rings is 1. The average molecular weight is 350 g/mol. The monoisotopic (exact) mass is 350 g/mol. The van der Waals surface area contributed by atoms with Crippen molar-refractivity contribution >= 4 is 0 Å². The van der Waals surface area contributed by atoms with Crippen LogP contribution in [-0.4, -0.2) is 28.3 Å². The van der Waals surface area contributed by atoms with E-state index in [1.807, 2.05) is 43.5 Å². The van der Waals surface area contributed by atoms with E-state index in [2.05, 4.69) is 20.4 Å². The zero-order valence-electron chi connectivity index (χ0n) is 14.9. The summed E-state index contributed by atoms with van der Waals surface area (Å²) in [6.45, 7) is 4.43. The van der Waals surface area contributed by atoms with Crippen molar-refractivity contribution in [1.82, 2.24) is 20.4 Å². The maximum Gasteiger partial charge on any atom is 0.227 e. The number of nitrogens with one attached hydrogen (secondary N) is 1. The Kier molecular flexibility index (Phi) is 4.93. The molecule has 1 aromatic carbocycles. The van der Waals surface area contributed by atoms with Gasteiger partial charge in [-0.15, -0.1) is 0 Å². The van der Waals surface area contributed by atoms with Crippen LogP contribution in [-0.2, 0) is 19.4 Å². The molecule has 0 spiro atoms. The second kappa shape index (κ2) is 7.66. The van der Waals surface area contributed by atoms with Crippen LogP contribution in [0.3, 0.4) is 0 Å². The largest absolute Gasteiger partial charge is 0.494 e. The molecule has 3 heterocycles. The third kappa shape index (κ3) is 3.60. The second-order valence-electron chi connectivity index (χ2n) is 6.43. The van der Waals surface area contributed by atoms with Crippen molar-refractivity contribution in [3.05, 3.63) is 59.2 Å². The quantitative estimate of drug-likeness (QED) is 0.689. The number of hydrogen-bond acceptors (Lipinski definition) is 6. The Hall–Kier alpha value is -2.73. The fourth-order valence-corrected chi connectivity index (χ4v) is 3.26. The van der Waals surface area contributed by atoms with Crippen molar-refractivity contribution in [2.45, 2.75) is 32.7 Å². The van der Waals surface area contributed by atoms with E-state index in [0.717, 1.165) is 42.9 Å². The third-order valence-corrected chi connectivity index (χ3v) is 4.57. The van der Waals surface area contributed by atoms with E-state index in [0.29, 0.717) is 24.7 Å². The maximum absolute atomic E-state index is 5.71. The van der Waals surface area contributed by atoms with Crippen LogP contribution in [0.1, 0.15) is 29.1 Å². The topological polar surface area (TPSA) is 73.1 Å². The van der Waals surface area contributed by atoms with E-state index >= 15 is 0 Å². The molecule has 0 saturated carbocycles. The molecule has 0 radical (unpaired) electrons. The molecule has 0 atom stereocenters. The van der Waals surface area contributed by atoms with E-state index in [1.165, 1.54) is 11.1 Å². The highest BCUT2D eigenvalue weighted by molar-refractivity contribution is 5.64. The summed E-state index contributed by atoms with van der Waals surface area (Å²) in [5.74, 6) is 2.17. The highest BCUT2D eigenvalue weighted by Gasteiger charge is 2.20. The van der Waals surface area contributed by atoms with Gasteiger partial charge in [0.25, 0.3) is 0 Å². The predicted molar refractivity (Wildman–Crippen MR) is 97.9 cm³/mol. The van der Waals surface area contributed by atoms with Gasteiger partial charge in [-0.1, -0.05) is 23.4 Å². The van der Waals surface area contributed by atoms with E-state index in [9.17, 15) is 0 Å². The van der Waals surface area contributed by atoms with E-state index in [-0.39, 0.29) is 0 Å². The standard InChI is InChI=1S/C20H22N4O2/c1-14-19(17-9-10-21-12-15(17)13-22-14)20-23-18(26-24-20)8-5-11-25-16-6-3-2-4-7-16/h2-4,6-7,13,21H,5,8-12H2,1H3. The molecule has 0 amide bonds. The summed E-state index contributed by atoms with van der Waals surface area (Å²) in [5, 5.41) is 7.58. The summed E-state index contributed by atoms with van der Waals surface area (Å²) in [4.78, 5) is 9.11. The van der Waals surface area contributed by atoms with Gasteiger partial charge < -0.3 is 14.6 Å². The van der Waals surface area contributed by atoms with Crippen molar-refractivity contribution in [3.8, 4) is 17.1 Å². The second-order valence-corrected chi connectivity index (χ2v) is 6.43. The Morgan fingerprint density at radius 2 is 2.12 bits per heavy atom. The Balaban J connectivity index is 1.42. The number of rotatable bonds is 6. The van der Waals surface area contributed by atoms with Gasteiger partial charge in [0.05, 0.1) is 6.61 Å². The molecular weight excluding hydrogens is 328 g/mol. The molecule has 26 heavy (non-hydrogen) atoms. The number of aromatic nitrogens is 3. The van der Waals surface area contributed by atoms with Crippen molar-refractivity contribution in [2.24, 2.45) is 0 Å². The lowest BCUT2D eigenvalue weighted by Crippen LogP contribution is -2.24.